The van der Waals surface area contributed by atoms with Gasteiger partial charge < -0.3 is 4.74 Å². The Bertz CT molecular complexity index is 327. The van der Waals surface area contributed by atoms with Crippen LogP contribution in [0.2, 0.25) is 0 Å². The Balaban J connectivity index is 2.02. The van der Waals surface area contributed by atoms with Gasteiger partial charge in [0.05, 0.1) is 12.7 Å². The molecule has 0 aliphatic heterocycles. The maximum atomic E-state index is 11.8. The third kappa shape index (κ3) is 2.18. The summed E-state index contributed by atoms with van der Waals surface area (Å²) in [4.78, 5) is 11.8. The van der Waals surface area contributed by atoms with Gasteiger partial charge in [-0.3, -0.25) is 4.79 Å². The highest BCUT2D eigenvalue weighted by Gasteiger charge is 2.59. The molecule has 2 aliphatic carbocycles. The lowest BCUT2D eigenvalue weighted by Gasteiger charge is -2.51. The van der Waals surface area contributed by atoms with E-state index in [1.165, 1.54) is 38.5 Å². The smallest absolute Gasteiger partial charge is 0.326 e. The largest absolute Gasteiger partial charge is 0.465 e. The Kier molecular flexibility index (Phi) is 3.42. The van der Waals surface area contributed by atoms with Gasteiger partial charge in [-0.25, -0.2) is 0 Å². The third-order valence-corrected chi connectivity index (χ3v) is 4.40. The Labute approximate surface area is 103 Å². The number of esters is 1. The minimum Gasteiger partial charge on any atom is -0.465 e. The molecule has 2 aliphatic rings. The highest BCUT2D eigenvalue weighted by molar-refractivity contribution is 5.81. The Morgan fingerprint density at radius 2 is 1.82 bits per heavy atom. The van der Waals surface area contributed by atoms with E-state index in [-0.39, 0.29) is 11.4 Å². The van der Waals surface area contributed by atoms with E-state index in [4.69, 9.17) is 4.74 Å². The number of nitrogens with zero attached hydrogens (tertiary/aromatic N) is 1. The molecule has 1 spiro atoms. The topological polar surface area (TPSA) is 50.1 Å². The molecule has 0 heterocycles. The maximum Gasteiger partial charge on any atom is 0.326 e. The zero-order valence-corrected chi connectivity index (χ0v) is 10.6. The van der Waals surface area contributed by atoms with Gasteiger partial charge in [0.15, 0.2) is 5.41 Å². The summed E-state index contributed by atoms with van der Waals surface area (Å²) in [5.74, 6) is -0.294. The molecule has 17 heavy (non-hydrogen) atoms. The lowest BCUT2D eigenvalue weighted by molar-refractivity contribution is -0.165. The average Bonchev–Trinajstić information content (AvgIpc) is 2.52. The number of ether oxygens (including phenoxy) is 1. The first kappa shape index (κ1) is 12.4. The van der Waals surface area contributed by atoms with E-state index in [9.17, 15) is 10.1 Å². The van der Waals surface area contributed by atoms with Gasteiger partial charge >= 0.3 is 5.97 Å². The van der Waals surface area contributed by atoms with E-state index in [1.54, 1.807) is 6.92 Å². The van der Waals surface area contributed by atoms with Crippen LogP contribution < -0.4 is 0 Å². The van der Waals surface area contributed by atoms with Crippen LogP contribution in [0.3, 0.4) is 0 Å². The van der Waals surface area contributed by atoms with Crippen LogP contribution in [0.25, 0.3) is 0 Å². The molecule has 0 aromatic rings. The molecule has 0 unspecified atom stereocenters. The molecule has 0 N–H and O–H groups in total. The summed E-state index contributed by atoms with van der Waals surface area (Å²) in [6.45, 7) is 2.17. The van der Waals surface area contributed by atoms with Crippen molar-refractivity contribution in [3.05, 3.63) is 0 Å². The zero-order valence-electron chi connectivity index (χ0n) is 10.6. The van der Waals surface area contributed by atoms with Crippen molar-refractivity contribution in [3.8, 4) is 6.07 Å². The minimum absolute atomic E-state index is 0.277. The second-order valence-electron chi connectivity index (χ2n) is 5.68. The van der Waals surface area contributed by atoms with Crippen molar-refractivity contribution in [1.29, 1.82) is 5.26 Å². The monoisotopic (exact) mass is 235 g/mol. The molecule has 94 valence electrons. The van der Waals surface area contributed by atoms with Crippen LogP contribution >= 0.6 is 0 Å². The summed E-state index contributed by atoms with van der Waals surface area (Å²) in [5.41, 5.74) is -0.542. The quantitative estimate of drug-likeness (QED) is 0.691. The number of carbonyl (C=O) groups is 1. The second kappa shape index (κ2) is 4.68. The van der Waals surface area contributed by atoms with Crippen LogP contribution in [-0.2, 0) is 9.53 Å². The SMILES string of the molecule is CCOC(=O)C1(C#N)CC2(CCCCCC2)C1. The summed E-state index contributed by atoms with van der Waals surface area (Å²) >= 11 is 0. The molecule has 0 atom stereocenters. The van der Waals surface area contributed by atoms with Gasteiger partial charge in [0, 0.05) is 0 Å². The first-order valence-corrected chi connectivity index (χ1v) is 6.75. The molecule has 0 saturated heterocycles. The van der Waals surface area contributed by atoms with Crippen molar-refractivity contribution >= 4 is 5.97 Å². The van der Waals surface area contributed by atoms with E-state index < -0.39 is 5.41 Å². The number of rotatable bonds is 2. The van der Waals surface area contributed by atoms with E-state index in [0.29, 0.717) is 6.61 Å². The van der Waals surface area contributed by atoms with Crippen molar-refractivity contribution in [3.63, 3.8) is 0 Å². The van der Waals surface area contributed by atoms with Crippen molar-refractivity contribution < 1.29 is 9.53 Å². The predicted octanol–water partition coefficient (Wildman–Crippen LogP) is 3.19. The molecule has 2 fully saturated rings. The van der Waals surface area contributed by atoms with Gasteiger partial charge in [-0.2, -0.15) is 5.26 Å². The molecule has 2 rings (SSSR count). The molecule has 0 bridgehead atoms. The predicted molar refractivity (Wildman–Crippen MR) is 64.0 cm³/mol. The lowest BCUT2D eigenvalue weighted by Crippen LogP contribution is -2.51. The summed E-state index contributed by atoms with van der Waals surface area (Å²) in [6, 6.07) is 2.22. The Hall–Kier alpha value is -1.04. The van der Waals surface area contributed by atoms with E-state index in [0.717, 1.165) is 12.8 Å². The zero-order chi connectivity index (χ0) is 12.4. The first-order chi connectivity index (χ1) is 8.16. The molecule has 0 aromatic heterocycles. The Morgan fingerprint density at radius 3 is 2.29 bits per heavy atom. The van der Waals surface area contributed by atoms with Crippen LogP contribution in [0, 0.1) is 22.2 Å². The molecular weight excluding hydrogens is 214 g/mol. The number of hydrogen-bond acceptors (Lipinski definition) is 3. The molecule has 0 amide bonds. The van der Waals surface area contributed by atoms with Crippen LogP contribution in [0.15, 0.2) is 0 Å². The summed E-state index contributed by atoms with van der Waals surface area (Å²) in [6.07, 6.45) is 8.96. The van der Waals surface area contributed by atoms with Crippen LogP contribution in [0.4, 0.5) is 0 Å². The van der Waals surface area contributed by atoms with Gasteiger partial charge in [0.25, 0.3) is 0 Å². The summed E-state index contributed by atoms with van der Waals surface area (Å²) in [5, 5.41) is 9.27. The minimum atomic E-state index is -0.819. The molecule has 0 radical (unpaired) electrons. The fourth-order valence-electron chi connectivity index (χ4n) is 3.60. The first-order valence-electron chi connectivity index (χ1n) is 6.75. The number of hydrogen-bond donors (Lipinski definition) is 0. The lowest BCUT2D eigenvalue weighted by atomic mass is 9.50. The van der Waals surface area contributed by atoms with E-state index >= 15 is 0 Å². The maximum absolute atomic E-state index is 11.8. The average molecular weight is 235 g/mol. The molecule has 0 aromatic carbocycles. The normalized spacial score (nSPS) is 25.4. The van der Waals surface area contributed by atoms with Crippen molar-refractivity contribution in [2.24, 2.45) is 10.8 Å². The molecular formula is C14H21NO2. The fraction of sp³-hybridized carbons (Fsp3) is 0.857. The van der Waals surface area contributed by atoms with Crippen LogP contribution in [0.5, 0.6) is 0 Å². The molecule has 3 heteroatoms. The molecule has 3 nitrogen and oxygen atoms in total. The third-order valence-electron chi connectivity index (χ3n) is 4.40. The van der Waals surface area contributed by atoms with E-state index in [2.05, 4.69) is 6.07 Å². The summed E-state index contributed by atoms with van der Waals surface area (Å²) < 4.78 is 5.04. The van der Waals surface area contributed by atoms with E-state index in [1.807, 2.05) is 0 Å². The number of carbonyl (C=O) groups excluding carboxylic acids is 1. The van der Waals surface area contributed by atoms with Gasteiger partial charge in [-0.15, -0.1) is 0 Å². The van der Waals surface area contributed by atoms with Crippen molar-refractivity contribution in [1.82, 2.24) is 0 Å². The number of nitriles is 1. The Morgan fingerprint density at radius 1 is 1.24 bits per heavy atom. The highest BCUT2D eigenvalue weighted by atomic mass is 16.5. The van der Waals surface area contributed by atoms with Crippen molar-refractivity contribution in [2.45, 2.75) is 58.3 Å². The highest BCUT2D eigenvalue weighted by Crippen LogP contribution is 2.60. The second-order valence-corrected chi connectivity index (χ2v) is 5.68. The van der Waals surface area contributed by atoms with Gasteiger partial charge in [-0.1, -0.05) is 25.7 Å². The van der Waals surface area contributed by atoms with Crippen LogP contribution in [0.1, 0.15) is 58.3 Å². The van der Waals surface area contributed by atoms with Gasteiger partial charge in [-0.05, 0) is 38.0 Å². The standard InChI is InChI=1S/C14H21NO2/c1-2-17-12(16)14(11-15)9-13(10-14)7-5-3-4-6-8-13/h2-10H2,1H3. The van der Waals surface area contributed by atoms with Crippen molar-refractivity contribution in [2.75, 3.05) is 6.61 Å². The van der Waals surface area contributed by atoms with Gasteiger partial charge in [0.1, 0.15) is 0 Å². The fourth-order valence-corrected chi connectivity index (χ4v) is 3.60. The van der Waals surface area contributed by atoms with Gasteiger partial charge in [0.2, 0.25) is 0 Å². The van der Waals surface area contributed by atoms with Crippen LogP contribution in [-0.4, -0.2) is 12.6 Å². The summed E-state index contributed by atoms with van der Waals surface area (Å²) in [7, 11) is 0. The molecule has 2 saturated carbocycles.